The van der Waals surface area contributed by atoms with Gasteiger partial charge in [0.15, 0.2) is 11.7 Å². The Hall–Kier alpha value is -5.04. The Balaban J connectivity index is 1.41. The molecule has 0 saturated heterocycles. The van der Waals surface area contributed by atoms with Crippen LogP contribution in [0.15, 0.2) is 75.4 Å². The maximum absolute atomic E-state index is 12.7. The van der Waals surface area contributed by atoms with Gasteiger partial charge in [-0.1, -0.05) is 24.3 Å². The van der Waals surface area contributed by atoms with E-state index in [1.807, 2.05) is 0 Å². The van der Waals surface area contributed by atoms with Crippen molar-refractivity contribution in [1.29, 1.82) is 0 Å². The molecule has 13 heteroatoms. The van der Waals surface area contributed by atoms with Crippen LogP contribution in [-0.4, -0.2) is 41.3 Å². The first kappa shape index (κ1) is 29.0. The Morgan fingerprint density at radius 3 is 2.73 bits per heavy atom. The molecule has 0 unspecified atom stereocenters. The zero-order valence-electron chi connectivity index (χ0n) is 22.4. The molecule has 0 bridgehead atoms. The number of hydrazone groups is 1. The number of nitrogens with zero attached hydrogens (tertiary/aromatic N) is 2. The lowest BCUT2D eigenvalue weighted by Crippen LogP contribution is -2.45. The molecule has 4 rings (SSSR count). The molecule has 0 fully saturated rings. The van der Waals surface area contributed by atoms with Gasteiger partial charge in [-0.25, -0.2) is 10.2 Å². The molecule has 41 heavy (non-hydrogen) atoms. The SMILES string of the molecule is CCOC(=O)C1=C(C)NC(=S)N[C@@H]1c1ccccc1OCC(=O)NN=Cc1ccc(-c2ccc(C)cc2[N+](=O)[O-])o1. The highest BCUT2D eigenvalue weighted by Crippen LogP contribution is 2.34. The van der Waals surface area contributed by atoms with Crippen molar-refractivity contribution in [1.82, 2.24) is 16.1 Å². The Morgan fingerprint density at radius 1 is 1.20 bits per heavy atom. The number of ether oxygens (including phenoxy) is 2. The summed E-state index contributed by atoms with van der Waals surface area (Å²) in [4.78, 5) is 36.1. The van der Waals surface area contributed by atoms with Gasteiger partial charge in [-0.2, -0.15) is 5.10 Å². The van der Waals surface area contributed by atoms with Gasteiger partial charge in [0, 0.05) is 17.3 Å². The molecule has 0 aliphatic carbocycles. The quantitative estimate of drug-likeness (QED) is 0.106. The number of aryl methyl sites for hydroxylation is 1. The zero-order chi connectivity index (χ0) is 29.5. The minimum atomic E-state index is -0.655. The van der Waals surface area contributed by atoms with Gasteiger partial charge >= 0.3 is 5.97 Å². The van der Waals surface area contributed by atoms with Crippen molar-refractivity contribution in [3.8, 4) is 17.1 Å². The van der Waals surface area contributed by atoms with Gasteiger partial charge in [0.25, 0.3) is 11.6 Å². The average Bonchev–Trinajstić information content (AvgIpc) is 3.40. The average molecular weight is 578 g/mol. The fourth-order valence-corrected chi connectivity index (χ4v) is 4.44. The van der Waals surface area contributed by atoms with Crippen LogP contribution in [0.4, 0.5) is 5.69 Å². The van der Waals surface area contributed by atoms with Crippen molar-refractivity contribution in [2.45, 2.75) is 26.8 Å². The van der Waals surface area contributed by atoms with Crippen LogP contribution < -0.4 is 20.8 Å². The van der Waals surface area contributed by atoms with Crippen LogP contribution in [0.1, 0.15) is 36.8 Å². The third-order valence-corrected chi connectivity index (χ3v) is 6.20. The predicted octanol–water partition coefficient (Wildman–Crippen LogP) is 4.05. The minimum absolute atomic E-state index is 0.0740. The number of rotatable bonds is 10. The second-order valence-electron chi connectivity index (χ2n) is 8.89. The number of allylic oxidation sites excluding steroid dienone is 1. The van der Waals surface area contributed by atoms with Gasteiger partial charge in [-0.05, 0) is 62.8 Å². The van der Waals surface area contributed by atoms with Gasteiger partial charge in [0.05, 0.1) is 34.9 Å². The van der Waals surface area contributed by atoms with E-state index in [1.165, 1.54) is 12.3 Å². The molecular formula is C28H27N5O7S. The largest absolute Gasteiger partial charge is 0.483 e. The number of carbonyl (C=O) groups excluding carboxylic acids is 2. The molecule has 3 aromatic rings. The summed E-state index contributed by atoms with van der Waals surface area (Å²) < 4.78 is 16.7. The fraction of sp³-hybridized carbons (Fsp3) is 0.214. The molecule has 1 aromatic heterocycles. The van der Waals surface area contributed by atoms with Gasteiger partial charge in [-0.15, -0.1) is 0 Å². The topological polar surface area (TPSA) is 157 Å². The van der Waals surface area contributed by atoms with Crippen LogP contribution >= 0.6 is 12.2 Å². The van der Waals surface area contributed by atoms with Gasteiger partial charge in [-0.3, -0.25) is 14.9 Å². The summed E-state index contributed by atoms with van der Waals surface area (Å²) in [6, 6.07) is 14.3. The molecule has 1 amide bonds. The van der Waals surface area contributed by atoms with E-state index in [-0.39, 0.29) is 24.7 Å². The Bertz CT molecular complexity index is 1560. The van der Waals surface area contributed by atoms with Crippen LogP contribution in [0, 0.1) is 17.0 Å². The molecule has 2 aromatic carbocycles. The maximum atomic E-state index is 12.7. The van der Waals surface area contributed by atoms with Crippen LogP contribution in [0.3, 0.4) is 0 Å². The smallest absolute Gasteiger partial charge is 0.338 e. The van der Waals surface area contributed by atoms with E-state index in [1.54, 1.807) is 69.3 Å². The number of hydrogen-bond donors (Lipinski definition) is 3. The van der Waals surface area contributed by atoms with Gasteiger partial charge < -0.3 is 24.5 Å². The molecule has 2 heterocycles. The highest BCUT2D eigenvalue weighted by Gasteiger charge is 2.32. The van der Waals surface area contributed by atoms with E-state index in [0.717, 1.165) is 5.56 Å². The second kappa shape index (κ2) is 12.9. The van der Waals surface area contributed by atoms with Crippen LogP contribution in [0.2, 0.25) is 0 Å². The first-order valence-electron chi connectivity index (χ1n) is 12.5. The Kier molecular flexibility index (Phi) is 9.09. The van der Waals surface area contributed by atoms with Crippen molar-refractivity contribution >= 4 is 41.1 Å². The molecular weight excluding hydrogens is 550 g/mol. The lowest BCUT2D eigenvalue weighted by Gasteiger charge is -2.30. The Morgan fingerprint density at radius 2 is 1.98 bits per heavy atom. The molecule has 0 radical (unpaired) electrons. The van der Waals surface area contributed by atoms with Crippen molar-refractivity contribution in [3.63, 3.8) is 0 Å². The van der Waals surface area contributed by atoms with E-state index < -0.39 is 22.8 Å². The van der Waals surface area contributed by atoms with E-state index in [2.05, 4.69) is 21.2 Å². The number of carbonyl (C=O) groups is 2. The van der Waals surface area contributed by atoms with Crippen LogP contribution in [0.5, 0.6) is 5.75 Å². The number of nitrogens with one attached hydrogen (secondary N) is 3. The first-order chi connectivity index (χ1) is 19.7. The number of furan rings is 1. The zero-order valence-corrected chi connectivity index (χ0v) is 23.2. The highest BCUT2D eigenvalue weighted by molar-refractivity contribution is 7.80. The number of thiocarbonyl (C=S) groups is 1. The molecule has 1 aliphatic rings. The van der Waals surface area contributed by atoms with Crippen molar-refractivity contribution in [2.75, 3.05) is 13.2 Å². The van der Waals surface area contributed by atoms with Gasteiger partial charge in [0.1, 0.15) is 17.3 Å². The van der Waals surface area contributed by atoms with E-state index >= 15 is 0 Å². The minimum Gasteiger partial charge on any atom is -0.483 e. The fourth-order valence-electron chi connectivity index (χ4n) is 4.17. The monoisotopic (exact) mass is 577 g/mol. The lowest BCUT2D eigenvalue weighted by atomic mass is 9.95. The lowest BCUT2D eigenvalue weighted by molar-refractivity contribution is -0.384. The third kappa shape index (κ3) is 6.94. The number of esters is 1. The molecule has 1 aliphatic heterocycles. The number of amides is 1. The summed E-state index contributed by atoms with van der Waals surface area (Å²) >= 11 is 5.29. The predicted molar refractivity (Wildman–Crippen MR) is 154 cm³/mol. The van der Waals surface area contributed by atoms with Crippen LogP contribution in [0.25, 0.3) is 11.3 Å². The summed E-state index contributed by atoms with van der Waals surface area (Å²) in [5.74, 6) is -0.121. The van der Waals surface area contributed by atoms with E-state index in [9.17, 15) is 19.7 Å². The normalized spacial score (nSPS) is 14.8. The third-order valence-electron chi connectivity index (χ3n) is 5.98. The molecule has 12 nitrogen and oxygen atoms in total. The molecule has 0 spiro atoms. The first-order valence-corrected chi connectivity index (χ1v) is 12.9. The number of nitro groups is 1. The van der Waals surface area contributed by atoms with E-state index in [4.69, 9.17) is 26.1 Å². The van der Waals surface area contributed by atoms with Crippen molar-refractivity contribution < 1.29 is 28.4 Å². The maximum Gasteiger partial charge on any atom is 0.338 e. The number of benzene rings is 2. The number of para-hydroxylation sites is 1. The highest BCUT2D eigenvalue weighted by atomic mass is 32.1. The molecule has 1 atom stereocenters. The Labute approximate surface area is 240 Å². The van der Waals surface area contributed by atoms with Crippen molar-refractivity contribution in [3.05, 3.63) is 92.9 Å². The molecule has 0 saturated carbocycles. The van der Waals surface area contributed by atoms with E-state index in [0.29, 0.717) is 39.0 Å². The van der Waals surface area contributed by atoms with Crippen LogP contribution in [-0.2, 0) is 14.3 Å². The standard InChI is InChI=1S/C28H27N5O7S/c1-4-38-27(35)25-17(3)30-28(41)31-26(25)20-7-5-6-8-22(20)39-15-24(34)32-29-14-18-10-12-23(40-18)19-11-9-16(2)13-21(19)33(36)37/h5-14,26H,4,15H2,1-3H3,(H,32,34)(H2,30,31,41)/t26-/m1/s1. The van der Waals surface area contributed by atoms with Crippen molar-refractivity contribution in [2.24, 2.45) is 5.10 Å². The number of hydrogen-bond acceptors (Lipinski definition) is 9. The summed E-state index contributed by atoms with van der Waals surface area (Å²) in [7, 11) is 0. The number of nitro benzene ring substituents is 1. The summed E-state index contributed by atoms with van der Waals surface area (Å²) in [5, 5.41) is 21.6. The molecule has 212 valence electrons. The summed E-state index contributed by atoms with van der Waals surface area (Å²) in [5.41, 5.74) is 4.85. The second-order valence-corrected chi connectivity index (χ2v) is 9.30. The van der Waals surface area contributed by atoms with Gasteiger partial charge in [0.2, 0.25) is 0 Å². The summed E-state index contributed by atoms with van der Waals surface area (Å²) in [6.45, 7) is 5.04. The molecule has 3 N–H and O–H groups in total. The summed E-state index contributed by atoms with van der Waals surface area (Å²) in [6.07, 6.45) is 1.27.